The second kappa shape index (κ2) is 5.63. The van der Waals surface area contributed by atoms with Crippen LogP contribution in [0.25, 0.3) is 0 Å². The van der Waals surface area contributed by atoms with Crippen molar-refractivity contribution in [1.82, 2.24) is 0 Å². The molecule has 0 unspecified atom stereocenters. The number of ketones is 1. The predicted molar refractivity (Wildman–Crippen MR) is 69.4 cm³/mol. The van der Waals surface area contributed by atoms with Crippen LogP contribution < -0.4 is 4.74 Å². The molecule has 0 atom stereocenters. The second-order valence-electron chi connectivity index (χ2n) is 4.58. The van der Waals surface area contributed by atoms with Crippen molar-refractivity contribution in [1.29, 1.82) is 0 Å². The van der Waals surface area contributed by atoms with Gasteiger partial charge in [-0.15, -0.1) is 0 Å². The van der Waals surface area contributed by atoms with Gasteiger partial charge in [0.1, 0.15) is 17.3 Å². The Morgan fingerprint density at radius 3 is 2.65 bits per heavy atom. The Morgan fingerprint density at radius 1 is 1.47 bits per heavy atom. The number of alkyl halides is 1. The summed E-state index contributed by atoms with van der Waals surface area (Å²) >= 11 is 3.14. The van der Waals surface area contributed by atoms with Crippen LogP contribution in [-0.2, 0) is 10.2 Å². The number of carbonyl (C=O) groups excluding carboxylic acids is 1. The molecule has 0 bridgehead atoms. The summed E-state index contributed by atoms with van der Waals surface area (Å²) in [5.74, 6) is 0.375. The molecule has 0 aliphatic carbocycles. The molecule has 1 aromatic rings. The molecule has 4 heteroatoms. The first kappa shape index (κ1) is 14.2. The lowest BCUT2D eigenvalue weighted by molar-refractivity contribution is -0.117. The first-order valence-electron chi connectivity index (χ1n) is 5.32. The fourth-order valence-corrected chi connectivity index (χ4v) is 2.04. The SMILES string of the molecule is COc1ccc(F)cc1C(C)(C)CC(=O)CBr. The van der Waals surface area contributed by atoms with E-state index in [0.717, 1.165) is 0 Å². The minimum Gasteiger partial charge on any atom is -0.496 e. The van der Waals surface area contributed by atoms with Gasteiger partial charge in [-0.05, 0) is 18.2 Å². The van der Waals surface area contributed by atoms with Gasteiger partial charge in [-0.2, -0.15) is 0 Å². The van der Waals surface area contributed by atoms with E-state index in [4.69, 9.17) is 4.74 Å². The van der Waals surface area contributed by atoms with Gasteiger partial charge in [-0.3, -0.25) is 4.79 Å². The summed E-state index contributed by atoms with van der Waals surface area (Å²) in [4.78, 5) is 11.5. The number of ether oxygens (including phenoxy) is 1. The molecule has 0 aliphatic heterocycles. The summed E-state index contributed by atoms with van der Waals surface area (Å²) in [6, 6.07) is 4.37. The lowest BCUT2D eigenvalue weighted by atomic mass is 9.80. The summed E-state index contributed by atoms with van der Waals surface area (Å²) in [5, 5.41) is 0.314. The number of hydrogen-bond donors (Lipinski definition) is 0. The maximum atomic E-state index is 13.3. The van der Waals surface area contributed by atoms with Gasteiger partial charge >= 0.3 is 0 Å². The van der Waals surface area contributed by atoms with E-state index < -0.39 is 5.41 Å². The Labute approximate surface area is 109 Å². The van der Waals surface area contributed by atoms with Gasteiger partial charge in [0.15, 0.2) is 0 Å². The molecule has 0 aromatic heterocycles. The van der Waals surface area contributed by atoms with Gasteiger partial charge in [0.25, 0.3) is 0 Å². The van der Waals surface area contributed by atoms with E-state index in [2.05, 4.69) is 15.9 Å². The van der Waals surface area contributed by atoms with Crippen LogP contribution in [0, 0.1) is 5.82 Å². The average molecular weight is 303 g/mol. The van der Waals surface area contributed by atoms with E-state index in [0.29, 0.717) is 23.1 Å². The molecular formula is C13H16BrFO2. The van der Waals surface area contributed by atoms with Crippen LogP contribution in [0.1, 0.15) is 25.8 Å². The van der Waals surface area contributed by atoms with E-state index in [9.17, 15) is 9.18 Å². The fourth-order valence-electron chi connectivity index (χ4n) is 1.84. The zero-order chi connectivity index (χ0) is 13.1. The highest BCUT2D eigenvalue weighted by Crippen LogP contribution is 2.35. The van der Waals surface area contributed by atoms with Gasteiger partial charge in [-0.1, -0.05) is 29.8 Å². The van der Waals surface area contributed by atoms with E-state index in [-0.39, 0.29) is 11.6 Å². The Balaban J connectivity index is 3.12. The fraction of sp³-hybridized carbons (Fsp3) is 0.462. The number of halogens is 2. The van der Waals surface area contributed by atoms with Crippen LogP contribution >= 0.6 is 15.9 Å². The third kappa shape index (κ3) is 3.53. The minimum atomic E-state index is -0.446. The Hall–Kier alpha value is -0.900. The van der Waals surface area contributed by atoms with Crippen LogP contribution in [0.4, 0.5) is 4.39 Å². The van der Waals surface area contributed by atoms with Crippen molar-refractivity contribution in [3.05, 3.63) is 29.6 Å². The van der Waals surface area contributed by atoms with Crippen molar-refractivity contribution in [3.8, 4) is 5.75 Å². The lowest BCUT2D eigenvalue weighted by Gasteiger charge is -2.26. The zero-order valence-corrected chi connectivity index (χ0v) is 11.8. The summed E-state index contributed by atoms with van der Waals surface area (Å²) in [6.45, 7) is 3.82. The molecule has 17 heavy (non-hydrogen) atoms. The van der Waals surface area contributed by atoms with Crippen molar-refractivity contribution in [2.24, 2.45) is 0 Å². The molecule has 0 amide bonds. The Kier molecular flexibility index (Phi) is 4.69. The highest BCUT2D eigenvalue weighted by Gasteiger charge is 2.27. The van der Waals surface area contributed by atoms with Gasteiger partial charge < -0.3 is 4.74 Å². The van der Waals surface area contributed by atoms with E-state index in [1.165, 1.54) is 12.1 Å². The Morgan fingerprint density at radius 2 is 2.12 bits per heavy atom. The third-order valence-electron chi connectivity index (χ3n) is 2.68. The van der Waals surface area contributed by atoms with Crippen LogP contribution in [0.15, 0.2) is 18.2 Å². The van der Waals surface area contributed by atoms with Crippen LogP contribution in [0.5, 0.6) is 5.75 Å². The van der Waals surface area contributed by atoms with Crippen molar-refractivity contribution in [2.45, 2.75) is 25.7 Å². The van der Waals surface area contributed by atoms with Gasteiger partial charge in [0, 0.05) is 17.4 Å². The summed E-state index contributed by atoms with van der Waals surface area (Å²) in [5.41, 5.74) is 0.271. The molecule has 0 N–H and O–H groups in total. The van der Waals surface area contributed by atoms with Crippen LogP contribution in [0.2, 0.25) is 0 Å². The molecule has 2 nitrogen and oxygen atoms in total. The van der Waals surface area contributed by atoms with Crippen LogP contribution in [-0.4, -0.2) is 18.2 Å². The van der Waals surface area contributed by atoms with Crippen molar-refractivity contribution < 1.29 is 13.9 Å². The molecule has 0 spiro atoms. The maximum Gasteiger partial charge on any atom is 0.144 e. The number of carbonyl (C=O) groups is 1. The number of methoxy groups -OCH3 is 1. The van der Waals surface area contributed by atoms with E-state index in [1.54, 1.807) is 13.2 Å². The largest absolute Gasteiger partial charge is 0.496 e. The zero-order valence-electron chi connectivity index (χ0n) is 10.2. The van der Waals surface area contributed by atoms with E-state index in [1.807, 2.05) is 13.8 Å². The molecule has 0 saturated carbocycles. The number of Topliss-reactive ketones (excluding diaryl/α,β-unsaturated/α-hetero) is 1. The first-order chi connectivity index (χ1) is 7.90. The topological polar surface area (TPSA) is 26.3 Å². The highest BCUT2D eigenvalue weighted by atomic mass is 79.9. The summed E-state index contributed by atoms with van der Waals surface area (Å²) in [6.07, 6.45) is 0.345. The second-order valence-corrected chi connectivity index (χ2v) is 5.14. The molecule has 0 aliphatic rings. The predicted octanol–water partition coefficient (Wildman–Crippen LogP) is 3.47. The monoisotopic (exact) mass is 302 g/mol. The third-order valence-corrected chi connectivity index (χ3v) is 3.30. The van der Waals surface area contributed by atoms with Gasteiger partial charge in [-0.25, -0.2) is 4.39 Å². The van der Waals surface area contributed by atoms with Crippen molar-refractivity contribution in [2.75, 3.05) is 12.4 Å². The number of hydrogen-bond acceptors (Lipinski definition) is 2. The molecule has 94 valence electrons. The van der Waals surface area contributed by atoms with Gasteiger partial charge in [0.05, 0.1) is 12.4 Å². The minimum absolute atomic E-state index is 0.0846. The summed E-state index contributed by atoms with van der Waals surface area (Å²) < 4.78 is 18.5. The standard InChI is InChI=1S/C13H16BrFO2/c1-13(2,7-10(16)8-14)11-6-9(15)4-5-12(11)17-3/h4-6H,7-8H2,1-3H3. The molecular weight excluding hydrogens is 287 g/mol. The first-order valence-corrected chi connectivity index (χ1v) is 6.44. The molecule has 1 aromatic carbocycles. The molecule has 0 heterocycles. The quantitative estimate of drug-likeness (QED) is 0.779. The average Bonchev–Trinajstić information content (AvgIpc) is 2.28. The van der Waals surface area contributed by atoms with Gasteiger partial charge in [0.2, 0.25) is 0 Å². The van der Waals surface area contributed by atoms with E-state index >= 15 is 0 Å². The molecule has 0 fully saturated rings. The smallest absolute Gasteiger partial charge is 0.144 e. The lowest BCUT2D eigenvalue weighted by Crippen LogP contribution is -2.23. The highest BCUT2D eigenvalue weighted by molar-refractivity contribution is 9.09. The maximum absolute atomic E-state index is 13.3. The Bertz CT molecular complexity index is 416. The molecule has 0 radical (unpaired) electrons. The normalized spacial score (nSPS) is 11.4. The van der Waals surface area contributed by atoms with Crippen molar-refractivity contribution in [3.63, 3.8) is 0 Å². The number of benzene rings is 1. The van der Waals surface area contributed by atoms with Crippen LogP contribution in [0.3, 0.4) is 0 Å². The summed E-state index contributed by atoms with van der Waals surface area (Å²) in [7, 11) is 1.54. The van der Waals surface area contributed by atoms with Crippen molar-refractivity contribution >= 4 is 21.7 Å². The molecule has 1 rings (SSSR count). The number of rotatable bonds is 5. The molecule has 0 saturated heterocycles.